The van der Waals surface area contributed by atoms with Gasteiger partial charge in [-0.1, -0.05) is 56.8 Å². The van der Waals surface area contributed by atoms with E-state index < -0.39 is 11.6 Å². The Bertz CT molecular complexity index is 1280. The molecule has 4 aromatic rings. The van der Waals surface area contributed by atoms with Crippen LogP contribution in [0.2, 0.25) is 0 Å². The molecule has 2 aromatic heterocycles. The maximum Gasteiger partial charge on any atom is 0.234 e. The molecule has 0 bridgehead atoms. The van der Waals surface area contributed by atoms with Crippen LogP contribution in [0.1, 0.15) is 32.1 Å². The monoisotopic (exact) mass is 482 g/mol. The Morgan fingerprint density at radius 3 is 2.47 bits per heavy atom. The van der Waals surface area contributed by atoms with Crippen LogP contribution in [0.25, 0.3) is 11.4 Å². The van der Waals surface area contributed by atoms with Crippen molar-refractivity contribution in [3.8, 4) is 11.4 Å². The second kappa shape index (κ2) is 9.80. The fraction of sp³-hybridized carbons (Fsp3) is 0.240. The standard InChI is InChI=1S/C25H24F2N4O2S/c1-25(2,3)17-8-6-16(7-9-17)23-29-30-24(31(23)14-19-5-4-12-33-19)34-15-22(32)28-18-10-11-20(26)21(27)13-18/h4-13H,14-15H2,1-3H3,(H,28,32). The van der Waals surface area contributed by atoms with Crippen molar-refractivity contribution < 1.29 is 18.0 Å². The number of carbonyl (C=O) groups is 1. The van der Waals surface area contributed by atoms with E-state index in [1.54, 1.807) is 12.3 Å². The normalized spacial score (nSPS) is 11.6. The number of nitrogens with zero attached hydrogens (tertiary/aromatic N) is 3. The Labute approximate surface area is 200 Å². The van der Waals surface area contributed by atoms with Crippen molar-refractivity contribution in [1.82, 2.24) is 14.8 Å². The van der Waals surface area contributed by atoms with Crippen LogP contribution in [0.15, 0.2) is 70.4 Å². The first-order valence-corrected chi connectivity index (χ1v) is 11.6. The van der Waals surface area contributed by atoms with Crippen LogP contribution in [-0.4, -0.2) is 26.4 Å². The lowest BCUT2D eigenvalue weighted by Gasteiger charge is -2.19. The highest BCUT2D eigenvalue weighted by Crippen LogP contribution is 2.28. The van der Waals surface area contributed by atoms with Gasteiger partial charge in [0.2, 0.25) is 5.91 Å². The first kappa shape index (κ1) is 23.7. The molecule has 2 heterocycles. The van der Waals surface area contributed by atoms with Crippen molar-refractivity contribution >= 4 is 23.4 Å². The summed E-state index contributed by atoms with van der Waals surface area (Å²) in [5.41, 5.74) is 2.31. The van der Waals surface area contributed by atoms with E-state index in [2.05, 4.69) is 48.4 Å². The van der Waals surface area contributed by atoms with Crippen LogP contribution in [-0.2, 0) is 16.8 Å². The van der Waals surface area contributed by atoms with Crippen LogP contribution >= 0.6 is 11.8 Å². The molecule has 0 aliphatic carbocycles. The minimum Gasteiger partial charge on any atom is -0.467 e. The highest BCUT2D eigenvalue weighted by Gasteiger charge is 2.19. The average Bonchev–Trinajstić information content (AvgIpc) is 3.45. The van der Waals surface area contributed by atoms with Crippen molar-refractivity contribution in [3.05, 3.63) is 83.8 Å². The molecule has 0 saturated carbocycles. The lowest BCUT2D eigenvalue weighted by atomic mass is 9.87. The van der Waals surface area contributed by atoms with E-state index in [4.69, 9.17) is 4.42 Å². The Kier molecular flexibility index (Phi) is 6.83. The molecule has 0 atom stereocenters. The smallest absolute Gasteiger partial charge is 0.234 e. The number of carbonyl (C=O) groups excluding carboxylic acids is 1. The van der Waals surface area contributed by atoms with Crippen LogP contribution < -0.4 is 5.32 Å². The summed E-state index contributed by atoms with van der Waals surface area (Å²) in [4.78, 5) is 12.4. The molecule has 34 heavy (non-hydrogen) atoms. The number of thioether (sulfide) groups is 1. The molecule has 6 nitrogen and oxygen atoms in total. The third kappa shape index (κ3) is 5.53. The summed E-state index contributed by atoms with van der Waals surface area (Å²) < 4.78 is 33.9. The number of hydrogen-bond donors (Lipinski definition) is 1. The van der Waals surface area contributed by atoms with Gasteiger partial charge in [-0.15, -0.1) is 10.2 Å². The van der Waals surface area contributed by atoms with E-state index >= 15 is 0 Å². The molecule has 9 heteroatoms. The largest absolute Gasteiger partial charge is 0.467 e. The average molecular weight is 483 g/mol. The molecule has 1 amide bonds. The molecule has 0 spiro atoms. The quantitative estimate of drug-likeness (QED) is 0.333. The number of furan rings is 1. The second-order valence-corrected chi connectivity index (χ2v) is 9.71. The Hall–Kier alpha value is -3.46. The van der Waals surface area contributed by atoms with Crippen LogP contribution in [0, 0.1) is 11.6 Å². The lowest BCUT2D eigenvalue weighted by Crippen LogP contribution is -2.15. The number of hydrogen-bond acceptors (Lipinski definition) is 5. The first-order chi connectivity index (χ1) is 16.2. The summed E-state index contributed by atoms with van der Waals surface area (Å²) in [6, 6.07) is 15.0. The molecule has 176 valence electrons. The summed E-state index contributed by atoms with van der Waals surface area (Å²) in [5, 5.41) is 11.8. The zero-order valence-corrected chi connectivity index (χ0v) is 19.8. The second-order valence-electron chi connectivity index (χ2n) is 8.76. The van der Waals surface area contributed by atoms with Gasteiger partial charge in [0.1, 0.15) is 5.76 Å². The van der Waals surface area contributed by atoms with E-state index in [1.165, 1.54) is 23.4 Å². The number of halogens is 2. The number of amides is 1. The highest BCUT2D eigenvalue weighted by atomic mass is 32.2. The Morgan fingerprint density at radius 1 is 1.06 bits per heavy atom. The van der Waals surface area contributed by atoms with Gasteiger partial charge in [-0.25, -0.2) is 8.78 Å². The van der Waals surface area contributed by atoms with Crippen LogP contribution in [0.5, 0.6) is 0 Å². The highest BCUT2D eigenvalue weighted by molar-refractivity contribution is 7.99. The Balaban J connectivity index is 1.54. The minimum absolute atomic E-state index is 0.0121. The molecule has 0 saturated heterocycles. The summed E-state index contributed by atoms with van der Waals surface area (Å²) in [7, 11) is 0. The fourth-order valence-corrected chi connectivity index (χ4v) is 4.07. The summed E-state index contributed by atoms with van der Waals surface area (Å²) in [5.74, 6) is -0.981. The lowest BCUT2D eigenvalue weighted by molar-refractivity contribution is -0.113. The zero-order valence-electron chi connectivity index (χ0n) is 19.0. The van der Waals surface area contributed by atoms with Crippen molar-refractivity contribution in [2.24, 2.45) is 0 Å². The number of aromatic nitrogens is 3. The van der Waals surface area contributed by atoms with E-state index in [-0.39, 0.29) is 22.8 Å². The predicted molar refractivity (Wildman–Crippen MR) is 128 cm³/mol. The minimum atomic E-state index is -1.02. The molecule has 0 aliphatic rings. The van der Waals surface area contributed by atoms with Crippen LogP contribution in [0.3, 0.4) is 0 Å². The van der Waals surface area contributed by atoms with E-state index in [0.29, 0.717) is 17.5 Å². The van der Waals surface area contributed by atoms with E-state index in [0.717, 1.165) is 23.5 Å². The van der Waals surface area contributed by atoms with E-state index in [1.807, 2.05) is 22.8 Å². The van der Waals surface area contributed by atoms with Crippen molar-refractivity contribution in [1.29, 1.82) is 0 Å². The molecule has 0 unspecified atom stereocenters. The van der Waals surface area contributed by atoms with Gasteiger partial charge in [-0.2, -0.15) is 0 Å². The van der Waals surface area contributed by atoms with Gasteiger partial charge < -0.3 is 9.73 Å². The van der Waals surface area contributed by atoms with Gasteiger partial charge >= 0.3 is 0 Å². The topological polar surface area (TPSA) is 73.0 Å². The molecule has 2 aromatic carbocycles. The maximum atomic E-state index is 13.4. The summed E-state index contributed by atoms with van der Waals surface area (Å²) >= 11 is 1.19. The molecule has 4 rings (SSSR count). The zero-order chi connectivity index (χ0) is 24.3. The SMILES string of the molecule is CC(C)(C)c1ccc(-c2nnc(SCC(=O)Nc3ccc(F)c(F)c3)n2Cc2ccco2)cc1. The van der Waals surface area contributed by atoms with Crippen LogP contribution in [0.4, 0.5) is 14.5 Å². The van der Waals surface area contributed by atoms with Crippen molar-refractivity contribution in [2.75, 3.05) is 11.1 Å². The predicted octanol–water partition coefficient (Wildman–Crippen LogP) is 5.89. The molecular formula is C25H24F2N4O2S. The van der Waals surface area contributed by atoms with Gasteiger partial charge in [-0.3, -0.25) is 9.36 Å². The fourth-order valence-electron chi connectivity index (χ4n) is 3.33. The molecule has 1 N–H and O–H groups in total. The van der Waals surface area contributed by atoms with Gasteiger partial charge in [0.25, 0.3) is 0 Å². The van der Waals surface area contributed by atoms with Gasteiger partial charge in [-0.05, 0) is 35.2 Å². The molecular weight excluding hydrogens is 458 g/mol. The molecule has 0 fully saturated rings. The number of benzene rings is 2. The molecule has 0 radical (unpaired) electrons. The third-order valence-corrected chi connectivity index (χ3v) is 6.12. The Morgan fingerprint density at radius 2 is 1.82 bits per heavy atom. The molecule has 0 aliphatic heterocycles. The first-order valence-electron chi connectivity index (χ1n) is 10.6. The van der Waals surface area contributed by atoms with Crippen molar-refractivity contribution in [3.63, 3.8) is 0 Å². The van der Waals surface area contributed by atoms with Crippen molar-refractivity contribution in [2.45, 2.75) is 37.9 Å². The van der Waals surface area contributed by atoms with E-state index in [9.17, 15) is 13.6 Å². The van der Waals surface area contributed by atoms with Gasteiger partial charge in [0.05, 0.1) is 18.6 Å². The number of anilines is 1. The number of rotatable bonds is 7. The van der Waals surface area contributed by atoms with Gasteiger partial charge in [0.15, 0.2) is 22.6 Å². The number of nitrogens with one attached hydrogen (secondary N) is 1. The third-order valence-electron chi connectivity index (χ3n) is 5.16. The van der Waals surface area contributed by atoms with Gasteiger partial charge in [0, 0.05) is 17.3 Å². The maximum absolute atomic E-state index is 13.4. The summed E-state index contributed by atoms with van der Waals surface area (Å²) in [6.07, 6.45) is 1.60. The summed E-state index contributed by atoms with van der Waals surface area (Å²) in [6.45, 7) is 6.86.